The van der Waals surface area contributed by atoms with Crippen LogP contribution < -0.4 is 0 Å². The van der Waals surface area contributed by atoms with Crippen LogP contribution in [0.15, 0.2) is 104 Å². The number of hydrogen-bond donors (Lipinski definition) is 1. The van der Waals surface area contributed by atoms with E-state index in [1.54, 1.807) is 97.1 Å². The minimum absolute atomic E-state index is 0.0277. The maximum Gasteiger partial charge on any atom is 0.338 e. The van der Waals surface area contributed by atoms with Gasteiger partial charge in [-0.05, 0) is 61.0 Å². The first-order valence-corrected chi connectivity index (χ1v) is 20.1. The predicted octanol–water partition coefficient (Wildman–Crippen LogP) is 7.08. The van der Waals surface area contributed by atoms with Gasteiger partial charge in [0.15, 0.2) is 26.6 Å². The molecule has 0 radical (unpaired) electrons. The van der Waals surface area contributed by atoms with Gasteiger partial charge in [-0.25, -0.2) is 14.4 Å². The van der Waals surface area contributed by atoms with E-state index in [9.17, 15) is 19.5 Å². The Bertz CT molecular complexity index is 1530. The summed E-state index contributed by atoms with van der Waals surface area (Å²) in [6.45, 7) is 14.5. The van der Waals surface area contributed by atoms with Gasteiger partial charge >= 0.3 is 17.9 Å². The van der Waals surface area contributed by atoms with Gasteiger partial charge in [0, 0.05) is 11.9 Å². The number of aliphatic hydroxyl groups excluding tert-OH is 1. The van der Waals surface area contributed by atoms with Crippen molar-refractivity contribution < 1.29 is 42.9 Å². The van der Waals surface area contributed by atoms with Gasteiger partial charge in [0.25, 0.3) is 0 Å². The smallest absolute Gasteiger partial charge is 0.338 e. The highest BCUT2D eigenvalue weighted by atomic mass is 32.2. The summed E-state index contributed by atoms with van der Waals surface area (Å²) in [6, 6.07) is 25.0. The molecule has 1 heterocycles. The first-order chi connectivity index (χ1) is 23.3. The van der Waals surface area contributed by atoms with E-state index < -0.39 is 62.7 Å². The molecule has 0 bridgehead atoms. The quantitative estimate of drug-likeness (QED) is 0.0807. The van der Waals surface area contributed by atoms with E-state index in [4.69, 9.17) is 23.4 Å². The number of benzene rings is 3. The van der Waals surface area contributed by atoms with Gasteiger partial charge in [0.05, 0.1) is 23.3 Å². The predicted molar refractivity (Wildman–Crippen MR) is 192 cm³/mol. The minimum atomic E-state index is -2.15. The molecule has 1 aliphatic rings. The molecular weight excluding hydrogens is 661 g/mol. The number of allylic oxidation sites excluding steroid dienone is 1. The molecule has 1 saturated heterocycles. The van der Waals surface area contributed by atoms with E-state index >= 15 is 0 Å². The molecule has 1 N–H and O–H groups in total. The van der Waals surface area contributed by atoms with Gasteiger partial charge in [-0.15, -0.1) is 18.3 Å². The van der Waals surface area contributed by atoms with Crippen LogP contribution in [0.1, 0.15) is 58.3 Å². The van der Waals surface area contributed by atoms with Crippen molar-refractivity contribution in [3.05, 3.63) is 120 Å². The molecule has 0 aromatic heterocycles. The number of rotatable bonds is 14. The summed E-state index contributed by atoms with van der Waals surface area (Å²) >= 11 is 1.33. The second-order valence-electron chi connectivity index (χ2n) is 13.3. The molecule has 49 heavy (non-hydrogen) atoms. The average molecular weight is 707 g/mol. The van der Waals surface area contributed by atoms with Crippen molar-refractivity contribution in [3.63, 3.8) is 0 Å². The Morgan fingerprint density at radius 3 is 1.63 bits per heavy atom. The van der Waals surface area contributed by atoms with Crippen molar-refractivity contribution in [2.75, 3.05) is 13.2 Å². The van der Waals surface area contributed by atoms with E-state index in [0.717, 1.165) is 0 Å². The fraction of sp³-hybridized carbons (Fsp3) is 0.395. The van der Waals surface area contributed by atoms with Crippen LogP contribution in [0, 0.1) is 0 Å². The zero-order valence-electron chi connectivity index (χ0n) is 28.7. The summed E-state index contributed by atoms with van der Waals surface area (Å²) in [5.74, 6) is -2.13. The Labute approximate surface area is 294 Å². The molecule has 1 fully saturated rings. The zero-order valence-corrected chi connectivity index (χ0v) is 30.5. The topological polar surface area (TPSA) is 118 Å². The van der Waals surface area contributed by atoms with E-state index in [0.29, 0.717) is 13.0 Å². The Morgan fingerprint density at radius 1 is 0.796 bits per heavy atom. The lowest BCUT2D eigenvalue weighted by Crippen LogP contribution is -2.62. The molecular formula is C38H46O9SSi. The molecule has 6 unspecified atom stereocenters. The molecule has 3 aromatic carbocycles. The third-order valence-electron chi connectivity index (χ3n) is 8.72. The monoisotopic (exact) mass is 706 g/mol. The van der Waals surface area contributed by atoms with Crippen LogP contribution in [0.25, 0.3) is 0 Å². The van der Waals surface area contributed by atoms with Gasteiger partial charge in [-0.3, -0.25) is 0 Å². The fourth-order valence-electron chi connectivity index (χ4n) is 4.89. The number of aliphatic hydroxyl groups is 1. The van der Waals surface area contributed by atoms with Gasteiger partial charge in [0.1, 0.15) is 11.5 Å². The molecule has 11 heteroatoms. The summed E-state index contributed by atoms with van der Waals surface area (Å²) in [4.78, 5) is 40.6. The van der Waals surface area contributed by atoms with Crippen LogP contribution >= 0.6 is 11.8 Å². The van der Waals surface area contributed by atoms with Crippen LogP contribution in [0.3, 0.4) is 0 Å². The van der Waals surface area contributed by atoms with Crippen molar-refractivity contribution in [1.82, 2.24) is 0 Å². The van der Waals surface area contributed by atoms with Gasteiger partial charge in [0.2, 0.25) is 0 Å². The lowest BCUT2D eigenvalue weighted by Gasteiger charge is -2.45. The minimum Gasteiger partial charge on any atom is -0.452 e. The average Bonchev–Trinajstić information content (AvgIpc) is 3.09. The van der Waals surface area contributed by atoms with E-state index in [1.807, 2.05) is 0 Å². The number of carbonyl (C=O) groups is 3. The largest absolute Gasteiger partial charge is 0.452 e. The SMILES string of the molecule is C=CCC(CO[Si](C)(C)C(C)(C)C)SC1OC(CO)C(OC(=O)c2ccccc2)C(OC(=O)c2ccccc2)C1OC(=O)c1ccccc1. The van der Waals surface area contributed by atoms with E-state index in [2.05, 4.69) is 40.4 Å². The number of ether oxygens (including phenoxy) is 4. The molecule has 6 atom stereocenters. The molecule has 9 nitrogen and oxygen atoms in total. The van der Waals surface area contributed by atoms with Gasteiger partial charge < -0.3 is 28.5 Å². The van der Waals surface area contributed by atoms with Crippen molar-refractivity contribution in [2.45, 2.75) is 80.4 Å². The maximum absolute atomic E-state index is 13.6. The third kappa shape index (κ3) is 10.1. The lowest BCUT2D eigenvalue weighted by atomic mass is 9.98. The standard InChI is InChI=1S/C38H46O9SSi/c1-7-17-29(25-43-49(5,6)38(2,3)4)48-37-33(47-36(42)28-22-15-10-16-23-28)32(46-35(41)27-20-13-9-14-21-27)31(30(24-39)44-37)45-34(40)26-18-11-8-12-19-26/h7-16,18-23,29-33,37,39H,1,17,24-25H2,2-6H3. The van der Waals surface area contributed by atoms with Crippen LogP contribution in [0.4, 0.5) is 0 Å². The van der Waals surface area contributed by atoms with E-state index in [-0.39, 0.29) is 27.0 Å². The summed E-state index contributed by atoms with van der Waals surface area (Å²) in [5.41, 5.74) is -0.203. The molecule has 0 amide bonds. The molecule has 3 aromatic rings. The summed E-state index contributed by atoms with van der Waals surface area (Å²) < 4.78 is 31.2. The van der Waals surface area contributed by atoms with Crippen molar-refractivity contribution in [3.8, 4) is 0 Å². The normalized spacial score (nSPS) is 21.6. The molecule has 1 aliphatic heterocycles. The number of thioether (sulfide) groups is 1. The zero-order chi connectivity index (χ0) is 35.6. The number of carbonyl (C=O) groups excluding carboxylic acids is 3. The Morgan fingerprint density at radius 2 is 1.22 bits per heavy atom. The lowest BCUT2D eigenvalue weighted by molar-refractivity contribution is -0.207. The van der Waals surface area contributed by atoms with Crippen LogP contribution in [-0.2, 0) is 23.4 Å². The van der Waals surface area contributed by atoms with Crippen LogP contribution in [-0.4, -0.2) is 79.6 Å². The molecule has 0 aliphatic carbocycles. The van der Waals surface area contributed by atoms with Crippen LogP contribution in [0.2, 0.25) is 18.1 Å². The Hall–Kier alpha value is -3.74. The second kappa shape index (κ2) is 17.3. The van der Waals surface area contributed by atoms with E-state index in [1.165, 1.54) is 11.8 Å². The third-order valence-corrected chi connectivity index (χ3v) is 14.6. The highest BCUT2D eigenvalue weighted by Crippen LogP contribution is 2.40. The summed E-state index contributed by atoms with van der Waals surface area (Å²) in [6.07, 6.45) is -2.78. The van der Waals surface area contributed by atoms with Crippen molar-refractivity contribution in [2.24, 2.45) is 0 Å². The number of hydrogen-bond acceptors (Lipinski definition) is 10. The fourth-order valence-corrected chi connectivity index (χ4v) is 7.41. The number of esters is 3. The van der Waals surface area contributed by atoms with Crippen molar-refractivity contribution in [1.29, 1.82) is 0 Å². The maximum atomic E-state index is 13.6. The second-order valence-corrected chi connectivity index (χ2v) is 19.5. The van der Waals surface area contributed by atoms with Gasteiger partial charge in [-0.1, -0.05) is 81.4 Å². The molecule has 262 valence electrons. The Kier molecular flexibility index (Phi) is 13.4. The van der Waals surface area contributed by atoms with Gasteiger partial charge in [-0.2, -0.15) is 0 Å². The highest BCUT2D eigenvalue weighted by Gasteiger charge is 2.53. The molecule has 0 saturated carbocycles. The summed E-state index contributed by atoms with van der Waals surface area (Å²) in [7, 11) is -2.15. The Balaban J connectivity index is 1.75. The molecule has 0 spiro atoms. The van der Waals surface area contributed by atoms with Crippen molar-refractivity contribution >= 4 is 38.0 Å². The molecule has 4 rings (SSSR count). The van der Waals surface area contributed by atoms with Crippen LogP contribution in [0.5, 0.6) is 0 Å². The summed E-state index contributed by atoms with van der Waals surface area (Å²) in [5, 5.41) is 10.4. The highest BCUT2D eigenvalue weighted by molar-refractivity contribution is 8.00. The first kappa shape index (κ1) is 38.1. The first-order valence-electron chi connectivity index (χ1n) is 16.3.